The summed E-state index contributed by atoms with van der Waals surface area (Å²) in [5.41, 5.74) is 2.62. The van der Waals surface area contributed by atoms with Crippen molar-refractivity contribution < 1.29 is 4.79 Å². The Balaban J connectivity index is 1.71. The standard InChI is InChI=1S/C19H17Cl2N3OS/c1-12(18(25)23-16-9-8-14(20)10-15(16)21)26-19-22-11-17(24(19)2)13-6-4-3-5-7-13/h3-12H,1-2H3,(H,23,25). The molecule has 1 heterocycles. The first kappa shape index (κ1) is 18.8. The van der Waals surface area contributed by atoms with E-state index in [1.807, 2.05) is 55.1 Å². The molecule has 3 rings (SSSR count). The molecule has 2 aromatic carbocycles. The van der Waals surface area contributed by atoms with E-state index in [9.17, 15) is 4.79 Å². The average molecular weight is 406 g/mol. The van der Waals surface area contributed by atoms with E-state index in [4.69, 9.17) is 23.2 Å². The maximum Gasteiger partial charge on any atom is 0.237 e. The first-order valence-electron chi connectivity index (χ1n) is 7.95. The monoisotopic (exact) mass is 405 g/mol. The first-order valence-corrected chi connectivity index (χ1v) is 9.59. The average Bonchev–Trinajstić information content (AvgIpc) is 2.98. The van der Waals surface area contributed by atoms with Crippen LogP contribution in [0.5, 0.6) is 0 Å². The maximum atomic E-state index is 12.5. The van der Waals surface area contributed by atoms with Crippen molar-refractivity contribution in [1.29, 1.82) is 0 Å². The molecule has 1 unspecified atom stereocenters. The molecule has 134 valence electrons. The van der Waals surface area contributed by atoms with Crippen molar-refractivity contribution in [3.63, 3.8) is 0 Å². The summed E-state index contributed by atoms with van der Waals surface area (Å²) in [6.07, 6.45) is 1.82. The molecule has 26 heavy (non-hydrogen) atoms. The zero-order valence-corrected chi connectivity index (χ0v) is 16.6. The molecule has 7 heteroatoms. The van der Waals surface area contributed by atoms with Crippen molar-refractivity contribution in [1.82, 2.24) is 9.55 Å². The number of halogens is 2. The third-order valence-corrected chi connectivity index (χ3v) is 5.56. The molecule has 1 atom stereocenters. The molecule has 1 N–H and O–H groups in total. The Hall–Kier alpha value is -1.95. The largest absolute Gasteiger partial charge is 0.324 e. The van der Waals surface area contributed by atoms with Gasteiger partial charge in [-0.1, -0.05) is 65.3 Å². The number of amides is 1. The number of nitrogens with one attached hydrogen (secondary N) is 1. The molecule has 0 aliphatic carbocycles. The van der Waals surface area contributed by atoms with Crippen LogP contribution in [0.25, 0.3) is 11.3 Å². The smallest absolute Gasteiger partial charge is 0.237 e. The highest BCUT2D eigenvalue weighted by Gasteiger charge is 2.19. The molecule has 3 aromatic rings. The van der Waals surface area contributed by atoms with Crippen LogP contribution in [0.1, 0.15) is 6.92 Å². The Morgan fingerprint density at radius 2 is 1.92 bits per heavy atom. The van der Waals surface area contributed by atoms with Crippen LogP contribution < -0.4 is 5.32 Å². The summed E-state index contributed by atoms with van der Waals surface area (Å²) < 4.78 is 1.99. The lowest BCUT2D eigenvalue weighted by atomic mass is 10.2. The van der Waals surface area contributed by atoms with Gasteiger partial charge < -0.3 is 9.88 Å². The highest BCUT2D eigenvalue weighted by Crippen LogP contribution is 2.29. The lowest BCUT2D eigenvalue weighted by Gasteiger charge is -2.13. The summed E-state index contributed by atoms with van der Waals surface area (Å²) in [6.45, 7) is 1.83. The topological polar surface area (TPSA) is 46.9 Å². The Morgan fingerprint density at radius 1 is 1.19 bits per heavy atom. The van der Waals surface area contributed by atoms with Crippen LogP contribution in [0, 0.1) is 0 Å². The van der Waals surface area contributed by atoms with Crippen molar-refractivity contribution in [2.75, 3.05) is 5.32 Å². The molecule has 0 fully saturated rings. The van der Waals surface area contributed by atoms with Gasteiger partial charge in [0.2, 0.25) is 5.91 Å². The van der Waals surface area contributed by atoms with Gasteiger partial charge in [-0.2, -0.15) is 0 Å². The third kappa shape index (κ3) is 4.23. The van der Waals surface area contributed by atoms with Crippen molar-refractivity contribution in [3.8, 4) is 11.3 Å². The molecule has 0 bridgehead atoms. The van der Waals surface area contributed by atoms with Crippen LogP contribution in [0.3, 0.4) is 0 Å². The zero-order chi connectivity index (χ0) is 18.7. The van der Waals surface area contributed by atoms with Gasteiger partial charge in [0.15, 0.2) is 5.16 Å². The Bertz CT molecular complexity index is 928. The number of aromatic nitrogens is 2. The summed E-state index contributed by atoms with van der Waals surface area (Å²) in [7, 11) is 1.94. The van der Waals surface area contributed by atoms with E-state index in [2.05, 4.69) is 10.3 Å². The van der Waals surface area contributed by atoms with E-state index in [-0.39, 0.29) is 11.2 Å². The normalized spacial score (nSPS) is 12.0. The number of thioether (sulfide) groups is 1. The minimum Gasteiger partial charge on any atom is -0.324 e. The minimum absolute atomic E-state index is 0.150. The Kier molecular flexibility index (Phi) is 5.91. The minimum atomic E-state index is -0.341. The van der Waals surface area contributed by atoms with Crippen molar-refractivity contribution in [3.05, 3.63) is 64.8 Å². The lowest BCUT2D eigenvalue weighted by molar-refractivity contribution is -0.115. The van der Waals surface area contributed by atoms with Gasteiger partial charge in [0.05, 0.1) is 27.9 Å². The predicted molar refractivity (Wildman–Crippen MR) is 109 cm³/mol. The summed E-state index contributed by atoms with van der Waals surface area (Å²) in [5, 5.41) is 4.19. The third-order valence-electron chi connectivity index (χ3n) is 3.86. The second-order valence-electron chi connectivity index (χ2n) is 5.72. The van der Waals surface area contributed by atoms with Crippen molar-refractivity contribution in [2.24, 2.45) is 7.05 Å². The van der Waals surface area contributed by atoms with Gasteiger partial charge in [-0.25, -0.2) is 4.98 Å². The molecular weight excluding hydrogens is 389 g/mol. The molecule has 0 spiro atoms. The molecule has 0 aliphatic rings. The molecule has 0 aliphatic heterocycles. The molecule has 0 saturated heterocycles. The summed E-state index contributed by atoms with van der Waals surface area (Å²) >= 11 is 13.4. The summed E-state index contributed by atoms with van der Waals surface area (Å²) in [5.74, 6) is -0.150. The van der Waals surface area contributed by atoms with E-state index in [0.29, 0.717) is 15.7 Å². The fourth-order valence-electron chi connectivity index (χ4n) is 2.42. The van der Waals surface area contributed by atoms with Gasteiger partial charge >= 0.3 is 0 Å². The number of hydrogen-bond acceptors (Lipinski definition) is 3. The number of imidazole rings is 1. The predicted octanol–water partition coefficient (Wildman–Crippen LogP) is 5.51. The fourth-order valence-corrected chi connectivity index (χ4v) is 3.72. The SMILES string of the molecule is CC(Sc1ncc(-c2ccccc2)n1C)C(=O)Nc1ccc(Cl)cc1Cl. The Labute approximate surface area is 166 Å². The molecule has 1 aromatic heterocycles. The number of hydrogen-bond donors (Lipinski definition) is 1. The summed E-state index contributed by atoms with van der Waals surface area (Å²) in [4.78, 5) is 16.9. The molecule has 4 nitrogen and oxygen atoms in total. The van der Waals surface area contributed by atoms with Gasteiger partial charge in [-0.3, -0.25) is 4.79 Å². The highest BCUT2D eigenvalue weighted by molar-refractivity contribution is 8.00. The number of anilines is 1. The Morgan fingerprint density at radius 3 is 2.62 bits per heavy atom. The van der Waals surface area contributed by atoms with Crippen molar-refractivity contribution >= 4 is 46.6 Å². The van der Waals surface area contributed by atoms with Gasteiger partial charge in [-0.05, 0) is 30.7 Å². The van der Waals surface area contributed by atoms with Crippen LogP contribution in [-0.4, -0.2) is 20.7 Å². The number of carbonyl (C=O) groups is 1. The van der Waals surface area contributed by atoms with E-state index < -0.39 is 0 Å². The molecular formula is C19H17Cl2N3OS. The van der Waals surface area contributed by atoms with E-state index in [1.165, 1.54) is 11.8 Å². The van der Waals surface area contributed by atoms with Crippen molar-refractivity contribution in [2.45, 2.75) is 17.3 Å². The zero-order valence-electron chi connectivity index (χ0n) is 14.2. The first-order chi connectivity index (χ1) is 12.5. The van der Waals surface area contributed by atoms with Crippen LogP contribution in [0.15, 0.2) is 59.9 Å². The quantitative estimate of drug-likeness (QED) is 0.568. The van der Waals surface area contributed by atoms with E-state index >= 15 is 0 Å². The maximum absolute atomic E-state index is 12.5. The van der Waals surface area contributed by atoms with Crippen LogP contribution in [-0.2, 0) is 11.8 Å². The fraction of sp³-hybridized carbons (Fsp3) is 0.158. The van der Waals surface area contributed by atoms with Crippen LogP contribution in [0.2, 0.25) is 10.0 Å². The van der Waals surface area contributed by atoms with Gasteiger partial charge in [-0.15, -0.1) is 0 Å². The molecule has 0 radical (unpaired) electrons. The summed E-state index contributed by atoms with van der Waals surface area (Å²) in [6, 6.07) is 15.0. The number of rotatable bonds is 5. The van der Waals surface area contributed by atoms with Crippen LogP contribution >= 0.6 is 35.0 Å². The second-order valence-corrected chi connectivity index (χ2v) is 7.88. The van der Waals surface area contributed by atoms with E-state index in [1.54, 1.807) is 18.2 Å². The van der Waals surface area contributed by atoms with E-state index in [0.717, 1.165) is 16.4 Å². The molecule has 0 saturated carbocycles. The lowest BCUT2D eigenvalue weighted by Crippen LogP contribution is -2.23. The van der Waals surface area contributed by atoms with Gasteiger partial charge in [0.1, 0.15) is 0 Å². The highest BCUT2D eigenvalue weighted by atomic mass is 35.5. The number of nitrogens with zero attached hydrogens (tertiary/aromatic N) is 2. The molecule has 1 amide bonds. The number of benzene rings is 2. The van der Waals surface area contributed by atoms with Gasteiger partial charge in [0.25, 0.3) is 0 Å². The number of carbonyl (C=O) groups excluding carboxylic acids is 1. The van der Waals surface area contributed by atoms with Gasteiger partial charge in [0, 0.05) is 12.1 Å². The second kappa shape index (κ2) is 8.16. The van der Waals surface area contributed by atoms with Crippen LogP contribution in [0.4, 0.5) is 5.69 Å².